The Morgan fingerprint density at radius 2 is 2.12 bits per heavy atom. The summed E-state index contributed by atoms with van der Waals surface area (Å²) in [7, 11) is 1.62. The molecule has 8 heteroatoms. The molecule has 2 heterocycles. The van der Waals surface area contributed by atoms with E-state index in [0.29, 0.717) is 11.7 Å². The van der Waals surface area contributed by atoms with Gasteiger partial charge in [-0.05, 0) is 56.6 Å². The molecule has 7 nitrogen and oxygen atoms in total. The lowest BCUT2D eigenvalue weighted by Crippen LogP contribution is -2.29. The van der Waals surface area contributed by atoms with Crippen molar-refractivity contribution in [2.75, 3.05) is 25.5 Å². The molecule has 2 aromatic rings. The van der Waals surface area contributed by atoms with Crippen molar-refractivity contribution < 1.29 is 9.53 Å². The molecule has 1 aromatic carbocycles. The molecule has 1 amide bonds. The van der Waals surface area contributed by atoms with E-state index in [-0.39, 0.29) is 18.3 Å². The van der Waals surface area contributed by atoms with Gasteiger partial charge in [0.1, 0.15) is 5.75 Å². The molecular weight excluding hydrogens is 330 g/mol. The summed E-state index contributed by atoms with van der Waals surface area (Å²) in [4.78, 5) is 12.3. The van der Waals surface area contributed by atoms with E-state index in [2.05, 4.69) is 20.9 Å². The average Bonchev–Trinajstić information content (AvgIpc) is 3.07. The van der Waals surface area contributed by atoms with Crippen LogP contribution in [0.2, 0.25) is 0 Å². The van der Waals surface area contributed by atoms with Gasteiger partial charge in [0.15, 0.2) is 5.69 Å². The van der Waals surface area contributed by atoms with Gasteiger partial charge in [-0.25, -0.2) is 4.68 Å². The molecule has 3 rings (SSSR count). The maximum Gasteiger partial charge on any atom is 0.277 e. The Hall–Kier alpha value is -2.12. The highest BCUT2D eigenvalue weighted by Crippen LogP contribution is 2.22. The number of ether oxygens (including phenoxy) is 1. The largest absolute Gasteiger partial charge is 0.497 e. The van der Waals surface area contributed by atoms with Crippen LogP contribution in [0.3, 0.4) is 0 Å². The zero-order valence-corrected chi connectivity index (χ0v) is 14.6. The number of aryl methyl sites for hydroxylation is 1. The summed E-state index contributed by atoms with van der Waals surface area (Å²) in [6.07, 6.45) is 3.73. The minimum Gasteiger partial charge on any atom is -0.497 e. The van der Waals surface area contributed by atoms with Crippen molar-refractivity contribution in [1.29, 1.82) is 0 Å². The summed E-state index contributed by atoms with van der Waals surface area (Å²) in [6, 6.07) is 5.83. The summed E-state index contributed by atoms with van der Waals surface area (Å²) in [5.74, 6) is 0.510. The number of carbonyl (C=O) groups is 1. The van der Waals surface area contributed by atoms with Crippen molar-refractivity contribution in [1.82, 2.24) is 20.3 Å². The molecule has 1 saturated heterocycles. The predicted molar refractivity (Wildman–Crippen MR) is 94.1 cm³/mol. The molecule has 2 N–H and O–H groups in total. The Morgan fingerprint density at radius 1 is 1.38 bits per heavy atom. The van der Waals surface area contributed by atoms with Crippen molar-refractivity contribution >= 4 is 24.0 Å². The Labute approximate surface area is 147 Å². The van der Waals surface area contributed by atoms with Crippen LogP contribution in [-0.2, 0) is 0 Å². The molecule has 0 aliphatic carbocycles. The lowest BCUT2D eigenvalue weighted by molar-refractivity contribution is 0.102. The van der Waals surface area contributed by atoms with Crippen molar-refractivity contribution in [2.24, 2.45) is 0 Å². The van der Waals surface area contributed by atoms with Crippen LogP contribution in [0.15, 0.2) is 24.4 Å². The van der Waals surface area contributed by atoms with Gasteiger partial charge in [-0.15, -0.1) is 17.5 Å². The molecule has 24 heavy (non-hydrogen) atoms. The fraction of sp³-hybridized carbons (Fsp3) is 0.438. The number of benzene rings is 1. The number of methoxy groups -OCH3 is 1. The van der Waals surface area contributed by atoms with E-state index in [0.717, 1.165) is 42.9 Å². The topological polar surface area (TPSA) is 81.1 Å². The monoisotopic (exact) mass is 351 g/mol. The van der Waals surface area contributed by atoms with Crippen LogP contribution in [-0.4, -0.2) is 41.1 Å². The van der Waals surface area contributed by atoms with Gasteiger partial charge < -0.3 is 15.4 Å². The van der Waals surface area contributed by atoms with E-state index in [1.54, 1.807) is 18.0 Å². The molecule has 1 aromatic heterocycles. The number of carbonyl (C=O) groups excluding carboxylic acids is 1. The number of hydrogen-bond donors (Lipinski definition) is 2. The molecule has 1 aliphatic rings. The first-order valence-electron chi connectivity index (χ1n) is 7.76. The smallest absolute Gasteiger partial charge is 0.277 e. The fourth-order valence-corrected chi connectivity index (χ4v) is 2.72. The number of piperidine rings is 1. The molecule has 0 saturated carbocycles. The molecule has 1 aliphatic heterocycles. The second-order valence-electron chi connectivity index (χ2n) is 5.70. The standard InChI is InChI=1S/C16H21N5O2.ClH/c1-11-9-13(23-2)3-4-14(11)18-16(22)15-10-21(20-19-15)12-5-7-17-8-6-12;/h3-4,9-10,12,17H,5-8H2,1-2H3,(H,18,22);1H. The predicted octanol–water partition coefficient (Wildman–Crippen LogP) is 2.19. The normalized spacial score (nSPS) is 14.8. The zero-order chi connectivity index (χ0) is 16.2. The highest BCUT2D eigenvalue weighted by molar-refractivity contribution is 6.03. The number of aromatic nitrogens is 3. The first-order chi connectivity index (χ1) is 11.2. The fourth-order valence-electron chi connectivity index (χ4n) is 2.72. The summed E-state index contributed by atoms with van der Waals surface area (Å²) < 4.78 is 6.97. The van der Waals surface area contributed by atoms with Gasteiger partial charge in [-0.3, -0.25) is 4.79 Å². The van der Waals surface area contributed by atoms with Crippen LogP contribution >= 0.6 is 12.4 Å². The Bertz CT molecular complexity index is 698. The minimum absolute atomic E-state index is 0. The van der Waals surface area contributed by atoms with Crippen molar-refractivity contribution in [3.05, 3.63) is 35.7 Å². The minimum atomic E-state index is -0.251. The van der Waals surface area contributed by atoms with Gasteiger partial charge in [0.25, 0.3) is 5.91 Å². The van der Waals surface area contributed by atoms with E-state index >= 15 is 0 Å². The molecule has 0 unspecified atom stereocenters. The third-order valence-corrected chi connectivity index (χ3v) is 4.11. The van der Waals surface area contributed by atoms with Crippen molar-refractivity contribution in [3.63, 3.8) is 0 Å². The Morgan fingerprint density at radius 3 is 2.79 bits per heavy atom. The highest BCUT2D eigenvalue weighted by Gasteiger charge is 2.19. The first kappa shape index (κ1) is 18.2. The van der Waals surface area contributed by atoms with Crippen LogP contribution in [0, 0.1) is 6.92 Å². The van der Waals surface area contributed by atoms with Gasteiger partial charge in [0, 0.05) is 5.69 Å². The number of hydrogen-bond acceptors (Lipinski definition) is 5. The van der Waals surface area contributed by atoms with Crippen LogP contribution in [0.4, 0.5) is 5.69 Å². The summed E-state index contributed by atoms with van der Waals surface area (Å²) in [5.41, 5.74) is 2.01. The highest BCUT2D eigenvalue weighted by atomic mass is 35.5. The maximum atomic E-state index is 12.3. The maximum absolute atomic E-state index is 12.3. The number of anilines is 1. The van der Waals surface area contributed by atoms with E-state index < -0.39 is 0 Å². The lowest BCUT2D eigenvalue weighted by Gasteiger charge is -2.22. The molecule has 0 bridgehead atoms. The summed E-state index contributed by atoms with van der Waals surface area (Å²) in [5, 5.41) is 14.3. The third-order valence-electron chi connectivity index (χ3n) is 4.11. The van der Waals surface area contributed by atoms with Gasteiger partial charge in [-0.1, -0.05) is 5.21 Å². The lowest BCUT2D eigenvalue weighted by atomic mass is 10.1. The number of rotatable bonds is 4. The summed E-state index contributed by atoms with van der Waals surface area (Å²) >= 11 is 0. The number of nitrogens with zero attached hydrogens (tertiary/aromatic N) is 3. The van der Waals surface area contributed by atoms with E-state index in [1.165, 1.54) is 0 Å². The van der Waals surface area contributed by atoms with Gasteiger partial charge >= 0.3 is 0 Å². The van der Waals surface area contributed by atoms with Crippen LogP contribution in [0.25, 0.3) is 0 Å². The average molecular weight is 352 g/mol. The molecular formula is C16H22ClN5O2. The Balaban J connectivity index is 0.00000208. The van der Waals surface area contributed by atoms with Gasteiger partial charge in [0.2, 0.25) is 0 Å². The number of halogens is 1. The molecule has 130 valence electrons. The summed E-state index contributed by atoms with van der Waals surface area (Å²) in [6.45, 7) is 3.86. The van der Waals surface area contributed by atoms with E-state index in [1.807, 2.05) is 25.1 Å². The molecule has 0 spiro atoms. The second kappa shape index (κ2) is 8.12. The zero-order valence-electron chi connectivity index (χ0n) is 13.8. The van der Waals surface area contributed by atoms with E-state index in [4.69, 9.17) is 4.74 Å². The molecule has 1 fully saturated rings. The third kappa shape index (κ3) is 4.04. The Kier molecular flexibility index (Phi) is 6.16. The SMILES string of the molecule is COc1ccc(NC(=O)c2cn(C3CCNCC3)nn2)c(C)c1.Cl. The molecule has 0 atom stereocenters. The van der Waals surface area contributed by atoms with Crippen LogP contribution in [0.1, 0.15) is 34.9 Å². The second-order valence-corrected chi connectivity index (χ2v) is 5.70. The van der Waals surface area contributed by atoms with Crippen molar-refractivity contribution in [3.8, 4) is 5.75 Å². The number of amides is 1. The van der Waals surface area contributed by atoms with E-state index in [9.17, 15) is 4.79 Å². The van der Waals surface area contributed by atoms with Gasteiger partial charge in [-0.2, -0.15) is 0 Å². The number of nitrogens with one attached hydrogen (secondary N) is 2. The van der Waals surface area contributed by atoms with Crippen molar-refractivity contribution in [2.45, 2.75) is 25.8 Å². The van der Waals surface area contributed by atoms with Crippen LogP contribution < -0.4 is 15.4 Å². The molecule has 0 radical (unpaired) electrons. The first-order valence-corrected chi connectivity index (χ1v) is 7.76. The van der Waals surface area contributed by atoms with Gasteiger partial charge in [0.05, 0.1) is 19.3 Å². The van der Waals surface area contributed by atoms with Crippen LogP contribution in [0.5, 0.6) is 5.75 Å². The quantitative estimate of drug-likeness (QED) is 0.882.